The fraction of sp³-hybridized carbons (Fsp3) is 0.312. The first-order valence-electron chi connectivity index (χ1n) is 6.73. The first-order chi connectivity index (χ1) is 9.70. The third kappa shape index (κ3) is 4.05. The van der Waals surface area contributed by atoms with Crippen LogP contribution in [0.5, 0.6) is 0 Å². The third-order valence-corrected chi connectivity index (χ3v) is 3.93. The van der Waals surface area contributed by atoms with Gasteiger partial charge in [0.15, 0.2) is 5.78 Å². The molecule has 0 amide bonds. The largest absolute Gasteiger partial charge is 0.468 e. The average molecular weight is 336 g/mol. The number of carbonyl (C=O) groups excluding carboxylic acids is 1. The van der Waals surface area contributed by atoms with Crippen molar-refractivity contribution in [3.63, 3.8) is 0 Å². The number of halogens is 1. The van der Waals surface area contributed by atoms with Crippen molar-refractivity contribution < 1.29 is 9.21 Å². The van der Waals surface area contributed by atoms with Crippen LogP contribution in [0, 0.1) is 0 Å². The highest BCUT2D eigenvalue weighted by molar-refractivity contribution is 9.10. The van der Waals surface area contributed by atoms with Gasteiger partial charge >= 0.3 is 0 Å². The molecule has 0 aliphatic rings. The Kier molecular flexibility index (Phi) is 5.56. The molecule has 0 spiro atoms. The number of hydrogen-bond donors (Lipinski definition) is 0. The van der Waals surface area contributed by atoms with E-state index in [4.69, 9.17) is 4.42 Å². The van der Waals surface area contributed by atoms with Crippen LogP contribution in [0.3, 0.4) is 0 Å². The summed E-state index contributed by atoms with van der Waals surface area (Å²) < 4.78 is 6.20. The van der Waals surface area contributed by atoms with Crippen LogP contribution in [-0.2, 0) is 6.54 Å². The first-order valence-corrected chi connectivity index (χ1v) is 7.52. The van der Waals surface area contributed by atoms with E-state index in [9.17, 15) is 4.79 Å². The summed E-state index contributed by atoms with van der Waals surface area (Å²) in [6.07, 6.45) is 2.19. The topological polar surface area (TPSA) is 33.5 Å². The highest BCUT2D eigenvalue weighted by Crippen LogP contribution is 2.18. The van der Waals surface area contributed by atoms with Gasteiger partial charge in [-0.2, -0.15) is 0 Å². The number of carbonyl (C=O) groups is 1. The Morgan fingerprint density at radius 1 is 1.25 bits per heavy atom. The van der Waals surface area contributed by atoms with Gasteiger partial charge in [0.05, 0.1) is 12.8 Å². The fourth-order valence-corrected chi connectivity index (χ4v) is 2.56. The number of benzene rings is 1. The van der Waals surface area contributed by atoms with Crippen molar-refractivity contribution in [3.05, 3.63) is 58.5 Å². The summed E-state index contributed by atoms with van der Waals surface area (Å²) in [5.41, 5.74) is 0.751. The van der Waals surface area contributed by atoms with Gasteiger partial charge in [-0.15, -0.1) is 0 Å². The van der Waals surface area contributed by atoms with Crippen LogP contribution < -0.4 is 0 Å². The van der Waals surface area contributed by atoms with Gasteiger partial charge in [0.1, 0.15) is 5.76 Å². The Balaban J connectivity index is 1.90. The average Bonchev–Trinajstić information content (AvgIpc) is 2.96. The molecule has 1 aromatic carbocycles. The van der Waals surface area contributed by atoms with Crippen molar-refractivity contribution in [1.82, 2.24) is 4.90 Å². The van der Waals surface area contributed by atoms with Crippen molar-refractivity contribution >= 4 is 21.7 Å². The van der Waals surface area contributed by atoms with E-state index in [-0.39, 0.29) is 5.78 Å². The van der Waals surface area contributed by atoms with E-state index in [2.05, 4.69) is 27.8 Å². The van der Waals surface area contributed by atoms with Crippen LogP contribution in [0.4, 0.5) is 0 Å². The summed E-state index contributed by atoms with van der Waals surface area (Å²) in [4.78, 5) is 14.4. The van der Waals surface area contributed by atoms with Gasteiger partial charge < -0.3 is 4.42 Å². The molecule has 1 aromatic heterocycles. The molecule has 1 heterocycles. The summed E-state index contributed by atoms with van der Waals surface area (Å²) in [5, 5.41) is 0. The molecule has 0 radical (unpaired) electrons. The predicted octanol–water partition coefficient (Wildman–Crippen LogP) is 4.14. The molecule has 0 saturated carbocycles. The maximum absolute atomic E-state index is 12.2. The summed E-state index contributed by atoms with van der Waals surface area (Å²) >= 11 is 3.42. The quantitative estimate of drug-likeness (QED) is 0.713. The van der Waals surface area contributed by atoms with Crippen LogP contribution in [0.25, 0.3) is 0 Å². The summed E-state index contributed by atoms with van der Waals surface area (Å²) in [7, 11) is 0. The Morgan fingerprint density at radius 3 is 2.70 bits per heavy atom. The van der Waals surface area contributed by atoms with Crippen molar-refractivity contribution in [1.29, 1.82) is 0 Å². The van der Waals surface area contributed by atoms with E-state index in [0.717, 1.165) is 35.4 Å². The van der Waals surface area contributed by atoms with E-state index in [1.807, 2.05) is 36.4 Å². The smallest absolute Gasteiger partial charge is 0.165 e. The van der Waals surface area contributed by atoms with Crippen LogP contribution in [0.1, 0.15) is 29.5 Å². The summed E-state index contributed by atoms with van der Waals surface area (Å²) in [5.74, 6) is 1.09. The number of furan rings is 1. The van der Waals surface area contributed by atoms with E-state index >= 15 is 0 Å². The minimum Gasteiger partial charge on any atom is -0.468 e. The lowest BCUT2D eigenvalue weighted by Gasteiger charge is -2.18. The van der Waals surface area contributed by atoms with Crippen molar-refractivity contribution in [2.75, 3.05) is 13.1 Å². The van der Waals surface area contributed by atoms with Crippen LogP contribution >= 0.6 is 15.9 Å². The molecule has 106 valence electrons. The molecule has 0 saturated heterocycles. The predicted molar refractivity (Wildman–Crippen MR) is 82.7 cm³/mol. The van der Waals surface area contributed by atoms with E-state index in [0.29, 0.717) is 6.42 Å². The molecule has 3 nitrogen and oxygen atoms in total. The van der Waals surface area contributed by atoms with E-state index < -0.39 is 0 Å². The number of rotatable bonds is 7. The number of ketones is 1. The Labute approximate surface area is 127 Å². The molecule has 4 heteroatoms. The van der Waals surface area contributed by atoms with E-state index in [1.165, 1.54) is 0 Å². The van der Waals surface area contributed by atoms with Gasteiger partial charge in [-0.3, -0.25) is 9.69 Å². The second-order valence-corrected chi connectivity index (χ2v) is 5.46. The SMILES string of the molecule is CCN(CCC(=O)c1ccccc1Br)Cc1ccco1. The Bertz CT molecular complexity index is 551. The number of hydrogen-bond acceptors (Lipinski definition) is 3. The Hall–Kier alpha value is -1.39. The molecular formula is C16H18BrNO2. The lowest BCUT2D eigenvalue weighted by molar-refractivity contribution is 0.0961. The fourth-order valence-electron chi connectivity index (χ4n) is 2.05. The minimum atomic E-state index is 0.162. The van der Waals surface area contributed by atoms with Crippen LogP contribution in [-0.4, -0.2) is 23.8 Å². The lowest BCUT2D eigenvalue weighted by Crippen LogP contribution is -2.25. The zero-order valence-corrected chi connectivity index (χ0v) is 13.1. The van der Waals surface area contributed by atoms with E-state index in [1.54, 1.807) is 6.26 Å². The summed E-state index contributed by atoms with van der Waals surface area (Å²) in [6, 6.07) is 11.4. The molecule has 0 bridgehead atoms. The second kappa shape index (κ2) is 7.41. The molecule has 0 aliphatic heterocycles. The first kappa shape index (κ1) is 15.0. The van der Waals surface area contributed by atoms with Gasteiger partial charge in [-0.25, -0.2) is 0 Å². The lowest BCUT2D eigenvalue weighted by atomic mass is 10.1. The maximum Gasteiger partial charge on any atom is 0.165 e. The second-order valence-electron chi connectivity index (χ2n) is 4.60. The van der Waals surface area contributed by atoms with Gasteiger partial charge in [0.2, 0.25) is 0 Å². The molecule has 2 aromatic rings. The molecular weight excluding hydrogens is 318 g/mol. The Morgan fingerprint density at radius 2 is 2.05 bits per heavy atom. The minimum absolute atomic E-state index is 0.162. The summed E-state index contributed by atoms with van der Waals surface area (Å²) in [6.45, 7) is 4.46. The maximum atomic E-state index is 12.2. The molecule has 0 atom stereocenters. The highest BCUT2D eigenvalue weighted by atomic mass is 79.9. The molecule has 2 rings (SSSR count). The van der Waals surface area contributed by atoms with Crippen molar-refractivity contribution in [2.45, 2.75) is 19.9 Å². The normalized spacial score (nSPS) is 10.9. The van der Waals surface area contributed by atoms with Gasteiger partial charge in [-0.1, -0.05) is 41.1 Å². The molecule has 0 fully saturated rings. The van der Waals surface area contributed by atoms with Crippen LogP contribution in [0.15, 0.2) is 51.6 Å². The van der Waals surface area contributed by atoms with Crippen molar-refractivity contribution in [3.8, 4) is 0 Å². The highest BCUT2D eigenvalue weighted by Gasteiger charge is 2.12. The number of nitrogens with zero attached hydrogens (tertiary/aromatic N) is 1. The van der Waals surface area contributed by atoms with Gasteiger partial charge in [-0.05, 0) is 24.7 Å². The molecule has 0 N–H and O–H groups in total. The monoisotopic (exact) mass is 335 g/mol. The van der Waals surface area contributed by atoms with Gasteiger partial charge in [0.25, 0.3) is 0 Å². The molecule has 0 unspecified atom stereocenters. The zero-order chi connectivity index (χ0) is 14.4. The van der Waals surface area contributed by atoms with Crippen molar-refractivity contribution in [2.24, 2.45) is 0 Å². The third-order valence-electron chi connectivity index (χ3n) is 3.24. The van der Waals surface area contributed by atoms with Gasteiger partial charge in [0, 0.05) is 23.0 Å². The van der Waals surface area contributed by atoms with Crippen LogP contribution in [0.2, 0.25) is 0 Å². The molecule has 20 heavy (non-hydrogen) atoms. The zero-order valence-electron chi connectivity index (χ0n) is 11.5. The molecule has 0 aliphatic carbocycles. The number of Topliss-reactive ketones (excluding diaryl/α,β-unsaturated/α-hetero) is 1. The standard InChI is InChI=1S/C16H18BrNO2/c1-2-18(12-13-6-5-11-20-13)10-9-16(19)14-7-3-4-8-15(14)17/h3-8,11H,2,9-10,12H2,1H3.